The number of carbonyl (C=O) groups is 1. The summed E-state index contributed by atoms with van der Waals surface area (Å²) in [5, 5.41) is 11.6. The van der Waals surface area contributed by atoms with Crippen molar-refractivity contribution < 1.29 is 4.79 Å². The van der Waals surface area contributed by atoms with E-state index in [1.807, 2.05) is 63.2 Å². The number of nitrogens with one attached hydrogen (secondary N) is 1. The number of nitrogens with two attached hydrogens (primary N) is 1. The third kappa shape index (κ3) is 4.05. The van der Waals surface area contributed by atoms with Crippen LogP contribution in [-0.2, 0) is 4.79 Å². The lowest BCUT2D eigenvalue weighted by atomic mass is 10.1. The molecule has 1 amide bonds. The molecule has 0 aliphatic rings. The van der Waals surface area contributed by atoms with Gasteiger partial charge in [-0.05, 0) is 50.1 Å². The molecule has 26 heavy (non-hydrogen) atoms. The van der Waals surface area contributed by atoms with E-state index in [0.717, 1.165) is 22.4 Å². The zero-order chi connectivity index (χ0) is 18.7. The van der Waals surface area contributed by atoms with Gasteiger partial charge >= 0.3 is 0 Å². The second-order valence-corrected chi connectivity index (χ2v) is 7.12. The fraction of sp³-hybridized carbons (Fsp3) is 0.211. The third-order valence-corrected chi connectivity index (χ3v) is 5.01. The average Bonchev–Trinajstić information content (AvgIpc) is 2.97. The molecule has 0 fully saturated rings. The van der Waals surface area contributed by atoms with Gasteiger partial charge < -0.3 is 11.2 Å². The van der Waals surface area contributed by atoms with Crippen molar-refractivity contribution in [2.75, 3.05) is 16.9 Å². The molecule has 0 bridgehead atoms. The van der Waals surface area contributed by atoms with Crippen LogP contribution < -0.4 is 11.2 Å². The molecule has 3 N–H and O–H groups in total. The Bertz CT molecular complexity index is 951. The van der Waals surface area contributed by atoms with Crippen molar-refractivity contribution in [1.29, 1.82) is 0 Å². The Balaban J connectivity index is 1.64. The minimum atomic E-state index is -0.113. The highest BCUT2D eigenvalue weighted by atomic mass is 32.2. The van der Waals surface area contributed by atoms with Crippen molar-refractivity contribution in [2.24, 2.45) is 0 Å². The molecule has 6 nitrogen and oxygen atoms in total. The molecular weight excluding hydrogens is 346 g/mol. The molecular formula is C19H21N5OS. The highest BCUT2D eigenvalue weighted by Gasteiger charge is 2.14. The SMILES string of the molecule is Cc1cccc(-c2nnc(SCC(=O)Nc3ccc(C)c(C)c3)n2N)c1. The monoisotopic (exact) mass is 367 g/mol. The fourth-order valence-corrected chi connectivity index (χ4v) is 3.16. The molecule has 1 heterocycles. The fourth-order valence-electron chi connectivity index (χ4n) is 2.50. The number of amides is 1. The lowest BCUT2D eigenvalue weighted by Gasteiger charge is -2.07. The number of anilines is 1. The van der Waals surface area contributed by atoms with E-state index >= 15 is 0 Å². The van der Waals surface area contributed by atoms with Gasteiger partial charge in [0.25, 0.3) is 0 Å². The van der Waals surface area contributed by atoms with E-state index in [0.29, 0.717) is 11.0 Å². The number of aromatic nitrogens is 3. The summed E-state index contributed by atoms with van der Waals surface area (Å²) in [6.45, 7) is 6.06. The summed E-state index contributed by atoms with van der Waals surface area (Å²) in [6.07, 6.45) is 0. The topological polar surface area (TPSA) is 85.8 Å². The first-order valence-electron chi connectivity index (χ1n) is 8.21. The molecule has 0 radical (unpaired) electrons. The van der Waals surface area contributed by atoms with E-state index in [1.165, 1.54) is 22.0 Å². The number of hydrogen-bond acceptors (Lipinski definition) is 5. The van der Waals surface area contributed by atoms with Crippen molar-refractivity contribution in [3.63, 3.8) is 0 Å². The van der Waals surface area contributed by atoms with Crippen molar-refractivity contribution in [1.82, 2.24) is 14.9 Å². The summed E-state index contributed by atoms with van der Waals surface area (Å²) in [7, 11) is 0. The zero-order valence-corrected chi connectivity index (χ0v) is 15.8. The Labute approximate surface area is 156 Å². The maximum atomic E-state index is 12.2. The lowest BCUT2D eigenvalue weighted by molar-refractivity contribution is -0.113. The quantitative estimate of drug-likeness (QED) is 0.534. The highest BCUT2D eigenvalue weighted by Crippen LogP contribution is 2.22. The van der Waals surface area contributed by atoms with Crippen LogP contribution in [0.15, 0.2) is 47.6 Å². The summed E-state index contributed by atoms with van der Waals surface area (Å²) in [5.41, 5.74) is 5.13. The molecule has 2 aromatic carbocycles. The van der Waals surface area contributed by atoms with Gasteiger partial charge in [-0.15, -0.1) is 10.2 Å². The van der Waals surface area contributed by atoms with Crippen LogP contribution in [0, 0.1) is 20.8 Å². The van der Waals surface area contributed by atoms with Gasteiger partial charge in [0.1, 0.15) is 0 Å². The van der Waals surface area contributed by atoms with Gasteiger partial charge in [-0.3, -0.25) is 4.79 Å². The maximum Gasteiger partial charge on any atom is 0.234 e. The standard InChI is InChI=1S/C19H21N5OS/c1-12-5-4-6-15(9-12)18-22-23-19(24(18)20)26-11-17(25)21-16-8-7-13(2)14(3)10-16/h4-10H,11,20H2,1-3H3,(H,21,25). The molecule has 7 heteroatoms. The molecule has 0 aliphatic carbocycles. The van der Waals surface area contributed by atoms with Gasteiger partial charge in [-0.2, -0.15) is 0 Å². The van der Waals surface area contributed by atoms with Gasteiger partial charge in [-0.1, -0.05) is 41.6 Å². The number of carbonyl (C=O) groups excluding carboxylic acids is 1. The number of nitrogens with zero attached hydrogens (tertiary/aromatic N) is 3. The van der Waals surface area contributed by atoms with Crippen LogP contribution in [0.3, 0.4) is 0 Å². The minimum absolute atomic E-state index is 0.113. The van der Waals surface area contributed by atoms with Crippen LogP contribution in [0.2, 0.25) is 0 Å². The van der Waals surface area contributed by atoms with E-state index in [4.69, 9.17) is 5.84 Å². The Morgan fingerprint density at radius 2 is 1.92 bits per heavy atom. The Morgan fingerprint density at radius 1 is 1.12 bits per heavy atom. The molecule has 0 spiro atoms. The number of aryl methyl sites for hydroxylation is 3. The Hall–Kier alpha value is -2.80. The number of benzene rings is 2. The summed E-state index contributed by atoms with van der Waals surface area (Å²) in [5.74, 6) is 6.77. The van der Waals surface area contributed by atoms with E-state index in [1.54, 1.807) is 0 Å². The van der Waals surface area contributed by atoms with Crippen LogP contribution in [0.4, 0.5) is 5.69 Å². The first-order valence-corrected chi connectivity index (χ1v) is 9.20. The number of rotatable bonds is 5. The van der Waals surface area contributed by atoms with Gasteiger partial charge in [0.2, 0.25) is 11.1 Å². The molecule has 0 aliphatic heterocycles. The normalized spacial score (nSPS) is 10.7. The van der Waals surface area contributed by atoms with Gasteiger partial charge in [-0.25, -0.2) is 4.68 Å². The molecule has 0 unspecified atom stereocenters. The van der Waals surface area contributed by atoms with Gasteiger partial charge in [0.05, 0.1) is 5.75 Å². The molecule has 134 valence electrons. The number of hydrogen-bond donors (Lipinski definition) is 2. The van der Waals surface area contributed by atoms with Crippen molar-refractivity contribution in [2.45, 2.75) is 25.9 Å². The predicted octanol–water partition coefficient (Wildman–Crippen LogP) is 3.31. The molecule has 3 rings (SSSR count). The average molecular weight is 367 g/mol. The van der Waals surface area contributed by atoms with Crippen LogP contribution in [-0.4, -0.2) is 26.5 Å². The van der Waals surface area contributed by atoms with Crippen molar-refractivity contribution >= 4 is 23.4 Å². The molecule has 0 atom stereocenters. The zero-order valence-electron chi connectivity index (χ0n) is 15.0. The first kappa shape index (κ1) is 18.0. The van der Waals surface area contributed by atoms with Crippen LogP contribution in [0.5, 0.6) is 0 Å². The maximum absolute atomic E-state index is 12.2. The van der Waals surface area contributed by atoms with Crippen LogP contribution in [0.25, 0.3) is 11.4 Å². The minimum Gasteiger partial charge on any atom is -0.335 e. The summed E-state index contributed by atoms with van der Waals surface area (Å²) in [6, 6.07) is 13.7. The first-order chi connectivity index (χ1) is 12.4. The molecule has 3 aromatic rings. The van der Waals surface area contributed by atoms with E-state index in [9.17, 15) is 4.79 Å². The van der Waals surface area contributed by atoms with Crippen molar-refractivity contribution in [3.05, 3.63) is 59.2 Å². The van der Waals surface area contributed by atoms with E-state index in [-0.39, 0.29) is 11.7 Å². The molecule has 0 saturated heterocycles. The summed E-state index contributed by atoms with van der Waals surface area (Å²) >= 11 is 1.25. The molecule has 1 aromatic heterocycles. The Morgan fingerprint density at radius 3 is 2.65 bits per heavy atom. The van der Waals surface area contributed by atoms with Crippen LogP contribution in [0.1, 0.15) is 16.7 Å². The second-order valence-electron chi connectivity index (χ2n) is 6.18. The van der Waals surface area contributed by atoms with Gasteiger partial charge in [0.15, 0.2) is 5.82 Å². The number of thioether (sulfide) groups is 1. The summed E-state index contributed by atoms with van der Waals surface area (Å²) < 4.78 is 1.42. The highest BCUT2D eigenvalue weighted by molar-refractivity contribution is 7.99. The molecule has 0 saturated carbocycles. The van der Waals surface area contributed by atoms with Crippen molar-refractivity contribution in [3.8, 4) is 11.4 Å². The lowest BCUT2D eigenvalue weighted by Crippen LogP contribution is -2.16. The van der Waals surface area contributed by atoms with Crippen LogP contribution >= 0.6 is 11.8 Å². The second kappa shape index (κ2) is 7.61. The third-order valence-electron chi connectivity index (χ3n) is 4.06. The smallest absolute Gasteiger partial charge is 0.234 e. The van der Waals surface area contributed by atoms with Gasteiger partial charge in [0, 0.05) is 11.3 Å². The van der Waals surface area contributed by atoms with E-state index in [2.05, 4.69) is 15.5 Å². The number of nitrogen functional groups attached to an aromatic ring is 1. The Kier molecular flexibility index (Phi) is 5.27. The summed E-state index contributed by atoms with van der Waals surface area (Å²) in [4.78, 5) is 12.2. The largest absolute Gasteiger partial charge is 0.335 e. The van der Waals surface area contributed by atoms with E-state index < -0.39 is 0 Å². The predicted molar refractivity (Wildman–Crippen MR) is 106 cm³/mol.